The number of hydrogen-bond donors (Lipinski definition) is 2. The molecule has 2 rings (SSSR count). The highest BCUT2D eigenvalue weighted by molar-refractivity contribution is 5.92. The van der Waals surface area contributed by atoms with Crippen LogP contribution in [0.25, 0.3) is 5.69 Å². The van der Waals surface area contributed by atoms with E-state index in [1.54, 1.807) is 23.1 Å². The van der Waals surface area contributed by atoms with E-state index in [1.807, 2.05) is 12.1 Å². The molecule has 2 N–H and O–H groups in total. The zero-order valence-corrected chi connectivity index (χ0v) is 10.2. The Labute approximate surface area is 110 Å². The van der Waals surface area contributed by atoms with E-state index in [9.17, 15) is 4.79 Å². The summed E-state index contributed by atoms with van der Waals surface area (Å²) in [6.07, 6.45) is 8.15. The molecule has 0 saturated heterocycles. The van der Waals surface area contributed by atoms with Crippen molar-refractivity contribution in [3.63, 3.8) is 0 Å². The highest BCUT2D eigenvalue weighted by Crippen LogP contribution is 2.11. The first-order chi connectivity index (χ1) is 9.29. The summed E-state index contributed by atoms with van der Waals surface area (Å²) < 4.78 is 1.64. The lowest BCUT2D eigenvalue weighted by Crippen LogP contribution is -2.28. The maximum Gasteiger partial charge on any atom is 0.238 e. The maximum absolute atomic E-state index is 11.5. The normalized spacial score (nSPS) is 9.84. The predicted octanol–water partition coefficient (Wildman–Crippen LogP) is 0.429. The summed E-state index contributed by atoms with van der Waals surface area (Å²) in [7, 11) is 0. The number of terminal acetylenes is 1. The van der Waals surface area contributed by atoms with Crippen LogP contribution in [-0.2, 0) is 4.79 Å². The van der Waals surface area contributed by atoms with E-state index in [0.29, 0.717) is 6.54 Å². The summed E-state index contributed by atoms with van der Waals surface area (Å²) in [4.78, 5) is 15.4. The van der Waals surface area contributed by atoms with E-state index in [0.717, 1.165) is 11.4 Å². The third-order valence-electron chi connectivity index (χ3n) is 2.35. The largest absolute Gasteiger partial charge is 0.325 e. The van der Waals surface area contributed by atoms with E-state index >= 15 is 0 Å². The fraction of sp³-hybridized carbons (Fsp3) is 0.154. The molecule has 0 saturated carbocycles. The Morgan fingerprint density at radius 3 is 2.79 bits per heavy atom. The highest BCUT2D eigenvalue weighted by atomic mass is 16.1. The van der Waals surface area contributed by atoms with Gasteiger partial charge in [-0.25, -0.2) is 9.67 Å². The average molecular weight is 255 g/mol. The molecule has 0 radical (unpaired) electrons. The number of hydrogen-bond acceptors (Lipinski definition) is 4. The van der Waals surface area contributed by atoms with Gasteiger partial charge in [0.2, 0.25) is 5.91 Å². The Morgan fingerprint density at radius 1 is 1.37 bits per heavy atom. The number of aromatic nitrogens is 3. The smallest absolute Gasteiger partial charge is 0.238 e. The summed E-state index contributed by atoms with van der Waals surface area (Å²) in [5, 5.41) is 9.59. The zero-order chi connectivity index (χ0) is 13.5. The minimum Gasteiger partial charge on any atom is -0.325 e. The second kappa shape index (κ2) is 6.33. The molecule has 0 atom stereocenters. The van der Waals surface area contributed by atoms with Gasteiger partial charge in [-0.05, 0) is 24.3 Å². The number of anilines is 1. The van der Waals surface area contributed by atoms with Crippen molar-refractivity contribution >= 4 is 11.6 Å². The molecule has 19 heavy (non-hydrogen) atoms. The Morgan fingerprint density at radius 2 is 2.16 bits per heavy atom. The van der Waals surface area contributed by atoms with E-state index in [-0.39, 0.29) is 12.5 Å². The zero-order valence-electron chi connectivity index (χ0n) is 10.2. The third-order valence-corrected chi connectivity index (χ3v) is 2.35. The van der Waals surface area contributed by atoms with Gasteiger partial charge < -0.3 is 5.32 Å². The van der Waals surface area contributed by atoms with Crippen LogP contribution in [0.15, 0.2) is 36.9 Å². The van der Waals surface area contributed by atoms with Gasteiger partial charge in [0.05, 0.1) is 18.8 Å². The number of benzene rings is 1. The van der Waals surface area contributed by atoms with E-state index in [1.165, 1.54) is 6.33 Å². The van der Waals surface area contributed by atoms with Gasteiger partial charge in [0, 0.05) is 5.69 Å². The number of rotatable bonds is 5. The van der Waals surface area contributed by atoms with E-state index in [2.05, 4.69) is 26.6 Å². The van der Waals surface area contributed by atoms with Crippen molar-refractivity contribution in [3.05, 3.63) is 36.9 Å². The predicted molar refractivity (Wildman–Crippen MR) is 71.7 cm³/mol. The molecule has 0 bridgehead atoms. The van der Waals surface area contributed by atoms with Gasteiger partial charge in [-0.2, -0.15) is 5.10 Å². The van der Waals surface area contributed by atoms with Gasteiger partial charge in [-0.3, -0.25) is 10.1 Å². The van der Waals surface area contributed by atoms with Crippen LogP contribution < -0.4 is 10.6 Å². The van der Waals surface area contributed by atoms with E-state index in [4.69, 9.17) is 6.42 Å². The van der Waals surface area contributed by atoms with Crippen molar-refractivity contribution < 1.29 is 4.79 Å². The van der Waals surface area contributed by atoms with Crippen LogP contribution in [0, 0.1) is 12.3 Å². The fourth-order valence-corrected chi connectivity index (χ4v) is 1.49. The molecule has 0 unspecified atom stereocenters. The van der Waals surface area contributed by atoms with Crippen molar-refractivity contribution in [3.8, 4) is 18.0 Å². The molecule has 2 aromatic rings. The monoisotopic (exact) mass is 255 g/mol. The van der Waals surface area contributed by atoms with Crippen molar-refractivity contribution in [1.29, 1.82) is 0 Å². The Hall–Kier alpha value is -2.65. The van der Waals surface area contributed by atoms with Gasteiger partial charge in [-0.15, -0.1) is 6.42 Å². The molecule has 1 amide bonds. The molecule has 0 aliphatic rings. The standard InChI is InChI=1S/C13H13N5O/c1-2-7-14-8-13(19)17-11-3-5-12(6-4-11)18-10-15-9-16-18/h1,3-6,9-10,14H,7-8H2,(H,17,19). The minimum absolute atomic E-state index is 0.135. The van der Waals surface area contributed by atoms with Gasteiger partial charge >= 0.3 is 0 Å². The average Bonchev–Trinajstić information content (AvgIpc) is 2.94. The number of carbonyl (C=O) groups excluding carboxylic acids is 1. The molecule has 1 aromatic carbocycles. The number of nitrogens with zero attached hydrogens (tertiary/aromatic N) is 3. The van der Waals surface area contributed by atoms with Crippen molar-refractivity contribution in [2.45, 2.75) is 0 Å². The second-order valence-corrected chi connectivity index (χ2v) is 3.74. The lowest BCUT2D eigenvalue weighted by atomic mass is 10.3. The van der Waals surface area contributed by atoms with Crippen molar-refractivity contribution in [2.75, 3.05) is 18.4 Å². The Bertz CT molecular complexity index is 568. The number of nitrogens with one attached hydrogen (secondary N) is 2. The van der Waals surface area contributed by atoms with E-state index < -0.39 is 0 Å². The van der Waals surface area contributed by atoms with Gasteiger partial charge in [-0.1, -0.05) is 5.92 Å². The van der Waals surface area contributed by atoms with Crippen LogP contribution in [0.5, 0.6) is 0 Å². The molecule has 0 spiro atoms. The van der Waals surface area contributed by atoms with Crippen LogP contribution in [0.3, 0.4) is 0 Å². The molecule has 6 heteroatoms. The Balaban J connectivity index is 1.92. The van der Waals surface area contributed by atoms with Crippen molar-refractivity contribution in [2.24, 2.45) is 0 Å². The number of carbonyl (C=O) groups is 1. The first-order valence-corrected chi connectivity index (χ1v) is 5.68. The molecule has 96 valence electrons. The quantitative estimate of drug-likeness (QED) is 0.600. The van der Waals surface area contributed by atoms with Crippen LogP contribution >= 0.6 is 0 Å². The molecule has 1 aromatic heterocycles. The van der Waals surface area contributed by atoms with Gasteiger partial charge in [0.15, 0.2) is 0 Å². The molecule has 0 aliphatic carbocycles. The first kappa shape index (κ1) is 12.8. The minimum atomic E-state index is -0.135. The lowest BCUT2D eigenvalue weighted by molar-refractivity contribution is -0.115. The summed E-state index contributed by atoms with van der Waals surface area (Å²) in [5.74, 6) is 2.27. The third kappa shape index (κ3) is 3.66. The summed E-state index contributed by atoms with van der Waals surface area (Å²) in [6, 6.07) is 7.30. The molecule has 0 fully saturated rings. The topological polar surface area (TPSA) is 71.8 Å². The van der Waals surface area contributed by atoms with Gasteiger partial charge in [0.25, 0.3) is 0 Å². The Kier molecular flexibility index (Phi) is 4.26. The SMILES string of the molecule is C#CCNCC(=O)Nc1ccc(-n2cncn2)cc1. The second-order valence-electron chi connectivity index (χ2n) is 3.74. The van der Waals surface area contributed by atoms with Gasteiger partial charge in [0.1, 0.15) is 12.7 Å². The molecule has 0 aliphatic heterocycles. The van der Waals surface area contributed by atoms with Crippen LogP contribution in [0.2, 0.25) is 0 Å². The van der Waals surface area contributed by atoms with Crippen molar-refractivity contribution in [1.82, 2.24) is 20.1 Å². The van der Waals surface area contributed by atoms with Crippen LogP contribution in [0.1, 0.15) is 0 Å². The summed E-state index contributed by atoms with van der Waals surface area (Å²) in [6.45, 7) is 0.563. The molecule has 6 nitrogen and oxygen atoms in total. The first-order valence-electron chi connectivity index (χ1n) is 5.68. The lowest BCUT2D eigenvalue weighted by Gasteiger charge is -2.06. The highest BCUT2D eigenvalue weighted by Gasteiger charge is 2.02. The number of amides is 1. The fourth-order valence-electron chi connectivity index (χ4n) is 1.49. The van der Waals surface area contributed by atoms with Crippen LogP contribution in [0.4, 0.5) is 5.69 Å². The molecular weight excluding hydrogens is 242 g/mol. The molecule has 1 heterocycles. The maximum atomic E-state index is 11.5. The molecular formula is C13H13N5O. The van der Waals surface area contributed by atoms with Crippen LogP contribution in [-0.4, -0.2) is 33.8 Å². The summed E-state index contributed by atoms with van der Waals surface area (Å²) in [5.41, 5.74) is 1.59. The summed E-state index contributed by atoms with van der Waals surface area (Å²) >= 11 is 0.